The van der Waals surface area contributed by atoms with E-state index in [4.69, 9.17) is 4.74 Å². The fraction of sp³-hybridized carbons (Fsp3) is 0.333. The van der Waals surface area contributed by atoms with Gasteiger partial charge in [0.25, 0.3) is 0 Å². The number of ether oxygens (including phenoxy) is 1. The molecule has 4 aromatic heterocycles. The quantitative estimate of drug-likeness (QED) is 0.0839. The van der Waals surface area contributed by atoms with Crippen LogP contribution in [-0.2, 0) is 19.1 Å². The number of anilines is 2. The standard InChI is InChI=1S/C23H28N4O3S2.C19H20N4O2S2/c1-14(2)16-9-11-17(12-10-16)24-20(28)15(3)32-21-26-25-19(18-8-7-13-31-18)27(21)22(29)30-23(4,5)6;1-12(2)14-6-8-15(9-7-14)20-18(25)13(3)27-19-22-21-17(23(19)11-24)16-5-4-10-26-16/h7-15H,1-6H3,(H,24,28);4-13H,1-3H3,(H,20,25). The number of rotatable bonds is 13. The van der Waals surface area contributed by atoms with Gasteiger partial charge in [-0.3, -0.25) is 14.4 Å². The molecule has 0 bridgehead atoms. The summed E-state index contributed by atoms with van der Waals surface area (Å²) in [6, 6.07) is 23.1. The Labute approximate surface area is 360 Å². The summed E-state index contributed by atoms with van der Waals surface area (Å²) < 4.78 is 8.27. The van der Waals surface area contributed by atoms with Crippen molar-refractivity contribution in [2.45, 2.75) is 101 Å². The first-order valence-electron chi connectivity index (χ1n) is 18.9. The van der Waals surface area contributed by atoms with E-state index in [1.165, 1.54) is 54.7 Å². The predicted octanol–water partition coefficient (Wildman–Crippen LogP) is 10.3. The highest BCUT2D eigenvalue weighted by Crippen LogP contribution is 2.32. The molecule has 0 fully saturated rings. The summed E-state index contributed by atoms with van der Waals surface area (Å²) in [6.45, 7) is 17.4. The second-order valence-electron chi connectivity index (χ2n) is 14.9. The number of carbonyl (C=O) groups is 4. The molecule has 310 valence electrons. The van der Waals surface area contributed by atoms with Crippen molar-refractivity contribution in [2.75, 3.05) is 10.6 Å². The maximum Gasteiger partial charge on any atom is 0.422 e. The van der Waals surface area contributed by atoms with Gasteiger partial charge in [-0.2, -0.15) is 0 Å². The van der Waals surface area contributed by atoms with E-state index in [2.05, 4.69) is 58.7 Å². The summed E-state index contributed by atoms with van der Waals surface area (Å²) in [7, 11) is 0. The normalized spacial score (nSPS) is 12.4. The Morgan fingerprint density at radius 1 is 0.661 bits per heavy atom. The number of thiophene rings is 2. The third kappa shape index (κ3) is 12.2. The molecular formula is C42H48N8O5S4. The number of nitrogens with zero attached hydrogens (tertiary/aromatic N) is 6. The van der Waals surface area contributed by atoms with E-state index in [0.717, 1.165) is 32.9 Å². The average molecular weight is 873 g/mol. The zero-order valence-electron chi connectivity index (χ0n) is 34.3. The summed E-state index contributed by atoms with van der Waals surface area (Å²) in [5, 5.41) is 25.9. The van der Waals surface area contributed by atoms with Crippen molar-refractivity contribution in [1.29, 1.82) is 0 Å². The van der Waals surface area contributed by atoms with Crippen molar-refractivity contribution in [2.24, 2.45) is 0 Å². The Hall–Kier alpha value is -5.10. The molecule has 2 aromatic carbocycles. The highest BCUT2D eigenvalue weighted by Gasteiger charge is 2.28. The van der Waals surface area contributed by atoms with Gasteiger partial charge in [0.2, 0.25) is 23.4 Å². The van der Waals surface area contributed by atoms with E-state index >= 15 is 0 Å². The molecule has 4 heterocycles. The molecule has 17 heteroatoms. The molecule has 0 radical (unpaired) electrons. The molecular weight excluding hydrogens is 825 g/mol. The first kappa shape index (κ1) is 45.0. The summed E-state index contributed by atoms with van der Waals surface area (Å²) >= 11 is 5.29. The number of nitrogens with one attached hydrogen (secondary N) is 2. The summed E-state index contributed by atoms with van der Waals surface area (Å²) in [5.41, 5.74) is 3.21. The number of amides is 2. The molecule has 2 amide bonds. The van der Waals surface area contributed by atoms with Crippen LogP contribution in [0.15, 0.2) is 93.9 Å². The van der Waals surface area contributed by atoms with Crippen molar-refractivity contribution < 1.29 is 23.9 Å². The van der Waals surface area contributed by atoms with Gasteiger partial charge in [0.1, 0.15) is 5.60 Å². The lowest BCUT2D eigenvalue weighted by molar-refractivity contribution is -0.116. The molecule has 2 N–H and O–H groups in total. The van der Waals surface area contributed by atoms with Gasteiger partial charge < -0.3 is 15.4 Å². The maximum absolute atomic E-state index is 12.9. The molecule has 0 aliphatic heterocycles. The second kappa shape index (κ2) is 20.2. The minimum Gasteiger partial charge on any atom is -0.443 e. The topological polar surface area (TPSA) is 163 Å². The highest BCUT2D eigenvalue weighted by molar-refractivity contribution is 8.00. The monoisotopic (exact) mass is 872 g/mol. The lowest BCUT2D eigenvalue weighted by Crippen LogP contribution is -2.28. The predicted molar refractivity (Wildman–Crippen MR) is 239 cm³/mol. The summed E-state index contributed by atoms with van der Waals surface area (Å²) in [4.78, 5) is 51.4. The Morgan fingerprint density at radius 3 is 1.53 bits per heavy atom. The van der Waals surface area contributed by atoms with Crippen molar-refractivity contribution in [1.82, 2.24) is 29.5 Å². The van der Waals surface area contributed by atoms with Gasteiger partial charge in [-0.15, -0.1) is 43.1 Å². The van der Waals surface area contributed by atoms with Gasteiger partial charge in [0.15, 0.2) is 16.8 Å². The van der Waals surface area contributed by atoms with E-state index in [1.807, 2.05) is 83.6 Å². The molecule has 0 spiro atoms. The van der Waals surface area contributed by atoms with Crippen LogP contribution >= 0.6 is 46.2 Å². The molecule has 2 atom stereocenters. The zero-order valence-corrected chi connectivity index (χ0v) is 37.6. The van der Waals surface area contributed by atoms with Gasteiger partial charge in [-0.1, -0.05) is 87.6 Å². The molecule has 0 saturated carbocycles. The molecule has 59 heavy (non-hydrogen) atoms. The van der Waals surface area contributed by atoms with Crippen LogP contribution in [0, 0.1) is 0 Å². The van der Waals surface area contributed by atoms with Crippen molar-refractivity contribution in [3.63, 3.8) is 0 Å². The molecule has 13 nitrogen and oxygen atoms in total. The van der Waals surface area contributed by atoms with Gasteiger partial charge in [0.05, 0.1) is 20.3 Å². The van der Waals surface area contributed by atoms with Crippen LogP contribution < -0.4 is 10.6 Å². The Bertz CT molecular complexity index is 2310. The minimum atomic E-state index is -0.679. The number of hydrogen-bond donors (Lipinski definition) is 2. The summed E-state index contributed by atoms with van der Waals surface area (Å²) in [6.07, 6.45) is 0.0948. The number of carbonyl (C=O) groups excluding carboxylic acids is 4. The third-order valence-electron chi connectivity index (χ3n) is 8.46. The molecule has 6 aromatic rings. The first-order valence-corrected chi connectivity index (χ1v) is 22.4. The first-order chi connectivity index (χ1) is 28.0. The fourth-order valence-corrected chi connectivity index (χ4v) is 8.28. The van der Waals surface area contributed by atoms with E-state index in [1.54, 1.807) is 34.6 Å². The average Bonchev–Trinajstić information content (AvgIpc) is 4.03. The van der Waals surface area contributed by atoms with Crippen LogP contribution in [0.5, 0.6) is 0 Å². The van der Waals surface area contributed by atoms with Gasteiger partial charge in [-0.05, 0) is 105 Å². The van der Waals surface area contributed by atoms with Crippen LogP contribution in [0.25, 0.3) is 21.4 Å². The molecule has 6 rings (SSSR count). The number of hydrogen-bond acceptors (Lipinski definition) is 13. The van der Waals surface area contributed by atoms with Crippen LogP contribution in [0.4, 0.5) is 16.2 Å². The van der Waals surface area contributed by atoms with E-state index in [9.17, 15) is 19.2 Å². The van der Waals surface area contributed by atoms with Gasteiger partial charge in [-0.25, -0.2) is 13.9 Å². The lowest BCUT2D eigenvalue weighted by Gasteiger charge is -2.20. The van der Waals surface area contributed by atoms with Crippen molar-refractivity contribution >= 4 is 81.9 Å². The summed E-state index contributed by atoms with van der Waals surface area (Å²) in [5.74, 6) is 1.40. The Kier molecular flexibility index (Phi) is 15.4. The molecule has 2 unspecified atom stereocenters. The van der Waals surface area contributed by atoms with Gasteiger partial charge >= 0.3 is 6.09 Å². The van der Waals surface area contributed by atoms with E-state index in [0.29, 0.717) is 40.2 Å². The Morgan fingerprint density at radius 2 is 1.10 bits per heavy atom. The second-order valence-corrected chi connectivity index (χ2v) is 19.4. The number of benzene rings is 2. The van der Waals surface area contributed by atoms with Crippen LogP contribution in [0.1, 0.15) is 85.3 Å². The van der Waals surface area contributed by atoms with Crippen LogP contribution in [0.3, 0.4) is 0 Å². The Balaban J connectivity index is 0.000000227. The van der Waals surface area contributed by atoms with E-state index in [-0.39, 0.29) is 11.8 Å². The third-order valence-corrected chi connectivity index (χ3v) is 12.3. The molecule has 0 aliphatic carbocycles. The van der Waals surface area contributed by atoms with Gasteiger partial charge in [0, 0.05) is 11.4 Å². The number of aromatic nitrogens is 6. The van der Waals surface area contributed by atoms with Crippen molar-refractivity contribution in [3.8, 4) is 21.4 Å². The molecule has 0 saturated heterocycles. The SMILES string of the molecule is CC(Sc1nnc(-c2cccs2)n1C(=O)OC(C)(C)C)C(=O)Nc1ccc(C(C)C)cc1.CC(Sc1nnc(-c2cccs2)n1C=O)C(=O)Nc1ccc(C(C)C)cc1. The van der Waals surface area contributed by atoms with Crippen molar-refractivity contribution in [3.05, 3.63) is 94.7 Å². The van der Waals surface area contributed by atoms with Crippen LogP contribution in [-0.4, -0.2) is 69.9 Å². The minimum absolute atomic E-state index is 0.157. The smallest absolute Gasteiger partial charge is 0.422 e. The number of thioether (sulfide) groups is 2. The zero-order chi connectivity index (χ0) is 42.9. The lowest BCUT2D eigenvalue weighted by atomic mass is 10.0. The molecule has 0 aliphatic rings. The maximum atomic E-state index is 12.9. The highest BCUT2D eigenvalue weighted by atomic mass is 32.2. The fourth-order valence-electron chi connectivity index (χ4n) is 5.22. The van der Waals surface area contributed by atoms with Crippen LogP contribution in [0.2, 0.25) is 0 Å². The largest absolute Gasteiger partial charge is 0.443 e. The van der Waals surface area contributed by atoms with E-state index < -0.39 is 22.2 Å².